The molecule has 0 heterocycles. The van der Waals surface area contributed by atoms with E-state index in [-0.39, 0.29) is 10.8 Å². The Morgan fingerprint density at radius 2 is 1.63 bits per heavy atom. The number of hydrogen-bond donors (Lipinski definition) is 1. The monoisotopic (exact) mass is 398 g/mol. The first-order valence-corrected chi connectivity index (χ1v) is 11.2. The summed E-state index contributed by atoms with van der Waals surface area (Å²) < 4.78 is 10.7. The molecule has 1 aromatic carbocycles. The van der Waals surface area contributed by atoms with Crippen molar-refractivity contribution < 1.29 is 19.0 Å². The number of benzene rings is 1. The first-order chi connectivity index (χ1) is 12.4. The van der Waals surface area contributed by atoms with E-state index in [0.717, 1.165) is 24.3 Å². The Labute approximate surface area is 167 Å². The molecule has 0 aliphatic rings. The minimum atomic E-state index is -2.11. The molecular weight excluding hydrogens is 359 g/mol. The maximum Gasteiger partial charge on any atom is 0.424 e. The highest BCUT2D eigenvalue weighted by atomic mass is 31.2. The Morgan fingerprint density at radius 3 is 2.19 bits per heavy atom. The smallest absolute Gasteiger partial charge is 0.424 e. The molecule has 4 nitrogen and oxygen atoms in total. The van der Waals surface area contributed by atoms with Crippen LogP contribution in [0.5, 0.6) is 5.75 Å². The van der Waals surface area contributed by atoms with Crippen LogP contribution in [-0.4, -0.2) is 11.5 Å². The van der Waals surface area contributed by atoms with Gasteiger partial charge in [-0.3, -0.25) is 0 Å². The molecule has 1 unspecified atom stereocenters. The Hall–Kier alpha value is -0.670. The fraction of sp³-hybridized carbons (Fsp3) is 0.727. The highest BCUT2D eigenvalue weighted by molar-refractivity contribution is 7.40. The van der Waals surface area contributed by atoms with Gasteiger partial charge < -0.3 is 9.42 Å². The number of rotatable bonds is 10. The van der Waals surface area contributed by atoms with Crippen LogP contribution in [0.25, 0.3) is 0 Å². The Kier molecular flexibility index (Phi) is 9.71. The van der Waals surface area contributed by atoms with Crippen LogP contribution in [0, 0.1) is 5.92 Å². The standard InChI is InChI=1S/C22H39O4P/c1-17(2)12-10-9-11-15-24-26-27(23)25-20-14-13-18(21(3,4)5)16-19(20)22(6,7)8/h13-14,16-17,23H,9-12,15H2,1-8H3. The zero-order valence-corrected chi connectivity index (χ0v) is 19.4. The third kappa shape index (κ3) is 9.38. The molecule has 1 rings (SSSR count). The summed E-state index contributed by atoms with van der Waals surface area (Å²) in [6, 6.07) is 6.12. The molecule has 0 bridgehead atoms. The third-order valence-corrected chi connectivity index (χ3v) is 5.04. The van der Waals surface area contributed by atoms with E-state index in [9.17, 15) is 4.89 Å². The van der Waals surface area contributed by atoms with Crippen molar-refractivity contribution in [2.45, 2.75) is 91.9 Å². The topological polar surface area (TPSA) is 47.9 Å². The lowest BCUT2D eigenvalue weighted by molar-refractivity contribution is -0.212. The first kappa shape index (κ1) is 24.4. The molecule has 0 aliphatic carbocycles. The van der Waals surface area contributed by atoms with Gasteiger partial charge in [-0.15, -0.1) is 4.67 Å². The van der Waals surface area contributed by atoms with Crippen LogP contribution in [0.15, 0.2) is 18.2 Å². The molecule has 0 spiro atoms. The van der Waals surface area contributed by atoms with E-state index < -0.39 is 8.60 Å². The van der Waals surface area contributed by atoms with Gasteiger partial charge in [0.05, 0.1) is 6.61 Å². The van der Waals surface area contributed by atoms with Crippen molar-refractivity contribution in [3.05, 3.63) is 29.3 Å². The molecule has 1 atom stereocenters. The molecule has 5 heteroatoms. The fourth-order valence-electron chi connectivity index (χ4n) is 2.73. The summed E-state index contributed by atoms with van der Waals surface area (Å²) in [5, 5.41) is 0. The van der Waals surface area contributed by atoms with Crippen molar-refractivity contribution in [3.63, 3.8) is 0 Å². The molecule has 0 fully saturated rings. The molecule has 0 aromatic heterocycles. The van der Waals surface area contributed by atoms with E-state index in [2.05, 4.69) is 61.5 Å². The summed E-state index contributed by atoms with van der Waals surface area (Å²) in [5.74, 6) is 1.38. The Bertz CT molecular complexity index is 558. The second kappa shape index (κ2) is 10.8. The van der Waals surface area contributed by atoms with E-state index >= 15 is 0 Å². The summed E-state index contributed by atoms with van der Waals surface area (Å²) in [4.78, 5) is 15.2. The Morgan fingerprint density at radius 1 is 0.963 bits per heavy atom. The molecule has 0 saturated heterocycles. The lowest BCUT2D eigenvalue weighted by atomic mass is 9.80. The quantitative estimate of drug-likeness (QED) is 0.199. The summed E-state index contributed by atoms with van der Waals surface area (Å²) in [5.41, 5.74) is 2.23. The van der Waals surface area contributed by atoms with Gasteiger partial charge in [-0.25, -0.2) is 4.89 Å². The predicted molar refractivity (Wildman–Crippen MR) is 114 cm³/mol. The average Bonchev–Trinajstić information content (AvgIpc) is 2.52. The van der Waals surface area contributed by atoms with Crippen molar-refractivity contribution in [3.8, 4) is 5.75 Å². The second-order valence-corrected chi connectivity index (χ2v) is 10.5. The molecule has 0 aliphatic heterocycles. The van der Waals surface area contributed by atoms with Gasteiger partial charge in [-0.1, -0.05) is 86.8 Å². The molecule has 156 valence electrons. The number of unbranched alkanes of at least 4 members (excludes halogenated alkanes) is 2. The average molecular weight is 399 g/mol. The lowest BCUT2D eigenvalue weighted by Gasteiger charge is -2.27. The summed E-state index contributed by atoms with van der Waals surface area (Å²) in [6.07, 6.45) is 4.45. The predicted octanol–water partition coefficient (Wildman–Crippen LogP) is 7.04. The second-order valence-electron chi connectivity index (χ2n) is 9.68. The van der Waals surface area contributed by atoms with Crippen LogP contribution in [0.2, 0.25) is 0 Å². The molecular formula is C22H39O4P. The van der Waals surface area contributed by atoms with Crippen molar-refractivity contribution >= 4 is 8.60 Å². The zero-order valence-electron chi connectivity index (χ0n) is 18.5. The molecule has 1 aromatic rings. The summed E-state index contributed by atoms with van der Waals surface area (Å²) in [7, 11) is -2.11. The van der Waals surface area contributed by atoms with E-state index in [0.29, 0.717) is 12.4 Å². The molecule has 0 radical (unpaired) electrons. The van der Waals surface area contributed by atoms with Gasteiger partial charge in [0.1, 0.15) is 5.75 Å². The van der Waals surface area contributed by atoms with Crippen LogP contribution in [0.4, 0.5) is 0 Å². The highest BCUT2D eigenvalue weighted by Crippen LogP contribution is 2.42. The van der Waals surface area contributed by atoms with Crippen molar-refractivity contribution in [1.29, 1.82) is 0 Å². The van der Waals surface area contributed by atoms with E-state index in [1.54, 1.807) is 0 Å². The van der Waals surface area contributed by atoms with Gasteiger partial charge >= 0.3 is 8.60 Å². The van der Waals surface area contributed by atoms with Crippen LogP contribution >= 0.6 is 8.60 Å². The molecule has 0 amide bonds. The van der Waals surface area contributed by atoms with Gasteiger partial charge in [-0.05, 0) is 34.8 Å². The minimum Gasteiger partial charge on any atom is -0.425 e. The summed E-state index contributed by atoms with van der Waals surface area (Å²) >= 11 is 0. The molecule has 0 saturated carbocycles. The van der Waals surface area contributed by atoms with Gasteiger partial charge in [0.15, 0.2) is 0 Å². The van der Waals surface area contributed by atoms with Gasteiger partial charge in [-0.2, -0.15) is 0 Å². The highest BCUT2D eigenvalue weighted by Gasteiger charge is 2.25. The van der Waals surface area contributed by atoms with Crippen molar-refractivity contribution in [1.82, 2.24) is 0 Å². The van der Waals surface area contributed by atoms with Crippen LogP contribution in [0.3, 0.4) is 0 Å². The minimum absolute atomic E-state index is 0.0532. The van der Waals surface area contributed by atoms with E-state index in [1.165, 1.54) is 18.4 Å². The lowest BCUT2D eigenvalue weighted by Crippen LogP contribution is -2.17. The van der Waals surface area contributed by atoms with Crippen LogP contribution in [-0.2, 0) is 20.4 Å². The SMILES string of the molecule is CC(C)CCCCCOOP(O)Oc1ccc(C(C)(C)C)cc1C(C)(C)C. The van der Waals surface area contributed by atoms with Gasteiger partial charge in [0, 0.05) is 5.56 Å². The van der Waals surface area contributed by atoms with E-state index in [4.69, 9.17) is 14.1 Å². The number of hydrogen-bond acceptors (Lipinski definition) is 4. The van der Waals surface area contributed by atoms with Crippen molar-refractivity contribution in [2.75, 3.05) is 6.61 Å². The van der Waals surface area contributed by atoms with Crippen molar-refractivity contribution in [2.24, 2.45) is 5.92 Å². The molecule has 27 heavy (non-hydrogen) atoms. The fourth-order valence-corrected chi connectivity index (χ4v) is 3.26. The first-order valence-electron chi connectivity index (χ1n) is 10.0. The van der Waals surface area contributed by atoms with Crippen LogP contribution < -0.4 is 4.52 Å². The van der Waals surface area contributed by atoms with Crippen LogP contribution in [0.1, 0.15) is 92.2 Å². The maximum atomic E-state index is 10.1. The zero-order chi connectivity index (χ0) is 20.7. The Balaban J connectivity index is 2.57. The summed E-state index contributed by atoms with van der Waals surface area (Å²) in [6.45, 7) is 17.9. The normalized spacial score (nSPS) is 13.9. The largest absolute Gasteiger partial charge is 0.425 e. The maximum absolute atomic E-state index is 10.1. The van der Waals surface area contributed by atoms with Gasteiger partial charge in [0.2, 0.25) is 0 Å². The van der Waals surface area contributed by atoms with E-state index in [1.807, 2.05) is 12.1 Å². The molecule has 1 N–H and O–H groups in total. The van der Waals surface area contributed by atoms with Gasteiger partial charge in [0.25, 0.3) is 0 Å². The third-order valence-electron chi connectivity index (χ3n) is 4.46.